The van der Waals surface area contributed by atoms with Crippen molar-refractivity contribution >= 4 is 27.5 Å². The summed E-state index contributed by atoms with van der Waals surface area (Å²) in [6, 6.07) is 7.40. The Labute approximate surface area is 132 Å². The highest BCUT2D eigenvalue weighted by atomic mass is 79.9. The lowest BCUT2D eigenvalue weighted by molar-refractivity contribution is 0.102. The maximum absolute atomic E-state index is 12.4. The molecule has 0 spiro atoms. The van der Waals surface area contributed by atoms with Crippen molar-refractivity contribution in [2.24, 2.45) is 0 Å². The van der Waals surface area contributed by atoms with Gasteiger partial charge < -0.3 is 14.5 Å². The molecular formula is C16H18BrNO3. The molecule has 0 saturated heterocycles. The molecule has 0 aliphatic heterocycles. The lowest BCUT2D eigenvalue weighted by atomic mass is 10.2. The summed E-state index contributed by atoms with van der Waals surface area (Å²) in [6.07, 6.45) is 0.911. The Morgan fingerprint density at radius 3 is 2.62 bits per heavy atom. The number of para-hydroxylation sites is 2. The molecule has 0 unspecified atom stereocenters. The topological polar surface area (TPSA) is 51.5 Å². The van der Waals surface area contributed by atoms with Crippen LogP contribution in [0.4, 0.5) is 5.69 Å². The first-order valence-corrected chi connectivity index (χ1v) is 7.62. The van der Waals surface area contributed by atoms with Crippen LogP contribution in [0.25, 0.3) is 0 Å². The van der Waals surface area contributed by atoms with Gasteiger partial charge in [-0.05, 0) is 48.3 Å². The van der Waals surface area contributed by atoms with Crippen molar-refractivity contribution in [3.05, 3.63) is 45.8 Å². The van der Waals surface area contributed by atoms with Gasteiger partial charge in [-0.2, -0.15) is 0 Å². The summed E-state index contributed by atoms with van der Waals surface area (Å²) in [5.41, 5.74) is 1.17. The van der Waals surface area contributed by atoms with Crippen LogP contribution in [0.3, 0.4) is 0 Å². The molecule has 0 aliphatic carbocycles. The number of anilines is 1. The Hall–Kier alpha value is -1.75. The van der Waals surface area contributed by atoms with Gasteiger partial charge in [0.25, 0.3) is 5.91 Å². The molecule has 1 aromatic carbocycles. The minimum absolute atomic E-state index is 0.219. The second kappa shape index (κ2) is 6.80. The van der Waals surface area contributed by atoms with Crippen molar-refractivity contribution in [2.75, 3.05) is 11.9 Å². The molecule has 0 fully saturated rings. The highest BCUT2D eigenvalue weighted by Crippen LogP contribution is 2.30. The summed E-state index contributed by atoms with van der Waals surface area (Å²) in [5, 5.41) is 2.88. The number of carbonyl (C=O) groups excluding carboxylic acids is 1. The fraction of sp³-hybridized carbons (Fsp3) is 0.312. The average molecular weight is 352 g/mol. The van der Waals surface area contributed by atoms with Crippen molar-refractivity contribution < 1.29 is 13.9 Å². The van der Waals surface area contributed by atoms with Crippen LogP contribution < -0.4 is 10.1 Å². The maximum atomic E-state index is 12.4. The zero-order valence-electron chi connectivity index (χ0n) is 12.3. The number of hydrogen-bond acceptors (Lipinski definition) is 3. The van der Waals surface area contributed by atoms with E-state index in [1.807, 2.05) is 38.1 Å². The van der Waals surface area contributed by atoms with Gasteiger partial charge in [0.05, 0.1) is 22.3 Å². The quantitative estimate of drug-likeness (QED) is 0.849. The van der Waals surface area contributed by atoms with Gasteiger partial charge in [0.15, 0.2) is 0 Å². The van der Waals surface area contributed by atoms with Gasteiger partial charge in [0.1, 0.15) is 17.3 Å². The predicted octanol–water partition coefficient (Wildman–Crippen LogP) is 4.70. The second-order valence-corrected chi connectivity index (χ2v) is 5.50. The number of ether oxygens (including phenoxy) is 1. The van der Waals surface area contributed by atoms with Crippen LogP contribution in [0.15, 0.2) is 33.2 Å². The number of carbonyl (C=O) groups is 1. The molecule has 1 heterocycles. The Bertz CT molecular complexity index is 649. The largest absolute Gasteiger partial charge is 0.491 e. The summed E-state index contributed by atoms with van der Waals surface area (Å²) in [7, 11) is 0. The first-order valence-electron chi connectivity index (χ1n) is 6.83. The number of halogens is 1. The van der Waals surface area contributed by atoms with E-state index in [4.69, 9.17) is 9.15 Å². The van der Waals surface area contributed by atoms with Gasteiger partial charge in [0, 0.05) is 0 Å². The smallest absolute Gasteiger partial charge is 0.260 e. The maximum Gasteiger partial charge on any atom is 0.260 e. The molecule has 1 amide bonds. The van der Waals surface area contributed by atoms with E-state index >= 15 is 0 Å². The number of hydrogen-bond donors (Lipinski definition) is 1. The van der Waals surface area contributed by atoms with Gasteiger partial charge in [-0.1, -0.05) is 19.1 Å². The van der Waals surface area contributed by atoms with E-state index in [-0.39, 0.29) is 5.91 Å². The third-order valence-corrected chi connectivity index (χ3v) is 3.97. The fourth-order valence-electron chi connectivity index (χ4n) is 2.01. The van der Waals surface area contributed by atoms with Gasteiger partial charge in [-0.15, -0.1) is 0 Å². The van der Waals surface area contributed by atoms with Gasteiger partial charge in [-0.3, -0.25) is 4.79 Å². The second-order valence-electron chi connectivity index (χ2n) is 4.70. The van der Waals surface area contributed by atoms with E-state index in [0.29, 0.717) is 39.6 Å². The third kappa shape index (κ3) is 3.47. The average Bonchev–Trinajstić information content (AvgIpc) is 2.71. The Morgan fingerprint density at radius 2 is 2.00 bits per heavy atom. The first kappa shape index (κ1) is 15.6. The molecule has 2 rings (SSSR count). The number of rotatable bonds is 5. The van der Waals surface area contributed by atoms with Crippen LogP contribution in [0.1, 0.15) is 35.2 Å². The fourth-order valence-corrected chi connectivity index (χ4v) is 2.55. The predicted molar refractivity (Wildman–Crippen MR) is 86.1 cm³/mol. The zero-order valence-corrected chi connectivity index (χ0v) is 13.9. The van der Waals surface area contributed by atoms with E-state index in [1.165, 1.54) is 0 Å². The number of aryl methyl sites for hydroxylation is 2. The Balaban J connectivity index is 2.23. The molecular weight excluding hydrogens is 334 g/mol. The summed E-state index contributed by atoms with van der Waals surface area (Å²) in [6.45, 7) is 6.23. The third-order valence-electron chi connectivity index (χ3n) is 3.01. The van der Waals surface area contributed by atoms with Crippen molar-refractivity contribution in [1.29, 1.82) is 0 Å². The molecule has 0 radical (unpaired) electrons. The molecule has 1 aromatic heterocycles. The molecule has 0 atom stereocenters. The molecule has 21 heavy (non-hydrogen) atoms. The molecule has 112 valence electrons. The summed E-state index contributed by atoms with van der Waals surface area (Å²) >= 11 is 3.39. The lowest BCUT2D eigenvalue weighted by Gasteiger charge is -2.11. The van der Waals surface area contributed by atoms with E-state index in [0.717, 1.165) is 6.42 Å². The van der Waals surface area contributed by atoms with Crippen molar-refractivity contribution in [1.82, 2.24) is 0 Å². The van der Waals surface area contributed by atoms with Crippen molar-refractivity contribution in [3.8, 4) is 5.75 Å². The number of benzene rings is 1. The van der Waals surface area contributed by atoms with Gasteiger partial charge >= 0.3 is 0 Å². The van der Waals surface area contributed by atoms with Crippen LogP contribution in [0.5, 0.6) is 5.75 Å². The summed E-state index contributed by atoms with van der Waals surface area (Å²) in [5.74, 6) is 1.72. The Kier molecular flexibility index (Phi) is 5.07. The van der Waals surface area contributed by atoms with E-state index in [9.17, 15) is 4.79 Å². The molecule has 2 aromatic rings. The van der Waals surface area contributed by atoms with E-state index < -0.39 is 0 Å². The molecule has 0 bridgehead atoms. The zero-order chi connectivity index (χ0) is 15.4. The minimum atomic E-state index is -0.219. The summed E-state index contributed by atoms with van der Waals surface area (Å²) in [4.78, 5) is 12.4. The van der Waals surface area contributed by atoms with Crippen LogP contribution >= 0.6 is 15.9 Å². The van der Waals surface area contributed by atoms with E-state index in [1.54, 1.807) is 6.92 Å². The molecule has 5 heteroatoms. The van der Waals surface area contributed by atoms with E-state index in [2.05, 4.69) is 21.2 Å². The minimum Gasteiger partial charge on any atom is -0.491 e. The lowest BCUT2D eigenvalue weighted by Crippen LogP contribution is -2.14. The molecule has 1 N–H and O–H groups in total. The normalized spacial score (nSPS) is 10.5. The highest BCUT2D eigenvalue weighted by molar-refractivity contribution is 9.10. The van der Waals surface area contributed by atoms with Gasteiger partial charge in [-0.25, -0.2) is 0 Å². The Morgan fingerprint density at radius 1 is 1.29 bits per heavy atom. The van der Waals surface area contributed by atoms with Crippen LogP contribution in [-0.2, 0) is 0 Å². The van der Waals surface area contributed by atoms with Crippen LogP contribution in [0.2, 0.25) is 0 Å². The van der Waals surface area contributed by atoms with Crippen molar-refractivity contribution in [2.45, 2.75) is 27.2 Å². The molecule has 4 nitrogen and oxygen atoms in total. The number of nitrogens with one attached hydrogen (secondary N) is 1. The number of amides is 1. The van der Waals surface area contributed by atoms with Crippen molar-refractivity contribution in [3.63, 3.8) is 0 Å². The number of furan rings is 1. The standard InChI is InChI=1S/C16H18BrNO3/c1-4-9-20-13-8-6-5-7-12(13)18-16(19)14-10(2)21-11(3)15(14)17/h5-8H,4,9H2,1-3H3,(H,18,19). The SMILES string of the molecule is CCCOc1ccccc1NC(=O)c1c(C)oc(C)c1Br. The van der Waals surface area contributed by atoms with Crippen LogP contribution in [0, 0.1) is 13.8 Å². The van der Waals surface area contributed by atoms with Crippen LogP contribution in [-0.4, -0.2) is 12.5 Å². The monoisotopic (exact) mass is 351 g/mol. The molecule has 0 saturated carbocycles. The highest BCUT2D eigenvalue weighted by Gasteiger charge is 2.20. The first-order chi connectivity index (χ1) is 10.0. The van der Waals surface area contributed by atoms with Gasteiger partial charge in [0.2, 0.25) is 0 Å². The molecule has 0 aliphatic rings. The summed E-state index contributed by atoms with van der Waals surface area (Å²) < 4.78 is 11.8.